The number of aliphatic hydroxyl groups excluding tert-OH is 1. The topological polar surface area (TPSA) is 69.6 Å². The first kappa shape index (κ1) is 21.8. The van der Waals surface area contributed by atoms with E-state index in [4.69, 9.17) is 0 Å². The van der Waals surface area contributed by atoms with Crippen LogP contribution in [0.15, 0.2) is 36.4 Å². The second-order valence-electron chi connectivity index (χ2n) is 7.21. The quantitative estimate of drug-likeness (QED) is 0.737. The van der Waals surface area contributed by atoms with Gasteiger partial charge in [-0.1, -0.05) is 6.07 Å². The molecule has 2 N–H and O–H groups in total. The van der Waals surface area contributed by atoms with Crippen LogP contribution in [0.4, 0.5) is 23.2 Å². The molecular formula is C21H20F4N2O3. The maximum Gasteiger partial charge on any atom is 0.350 e. The Balaban J connectivity index is 1.83. The summed E-state index contributed by atoms with van der Waals surface area (Å²) in [5.74, 6) is -8.33. The van der Waals surface area contributed by atoms with Crippen LogP contribution in [-0.4, -0.2) is 41.0 Å². The number of amides is 2. The standard InChI is InChI=1S/C21H20F4N2O3/c1-12-2-3-13(19(29)26-14-4-5-17(22)18(23)11-14)10-16(12)21(24,25)20(30)27-8-6-15(28)7-9-27/h2-5,10-11,15,28H,6-9H2,1H3,(H,26,29). The number of aliphatic hydroxyl groups is 1. The normalized spacial score (nSPS) is 15.2. The number of benzene rings is 2. The molecule has 0 saturated carbocycles. The number of aryl methyl sites for hydroxylation is 1. The lowest BCUT2D eigenvalue weighted by Crippen LogP contribution is -2.47. The minimum absolute atomic E-state index is 0.0188. The Morgan fingerprint density at radius 3 is 2.37 bits per heavy atom. The zero-order valence-corrected chi connectivity index (χ0v) is 16.1. The zero-order chi connectivity index (χ0) is 22.1. The molecule has 30 heavy (non-hydrogen) atoms. The van der Waals surface area contributed by atoms with E-state index in [0.717, 1.165) is 29.2 Å². The van der Waals surface area contributed by atoms with Crippen molar-refractivity contribution in [3.05, 3.63) is 64.7 Å². The maximum absolute atomic E-state index is 15.0. The molecule has 3 rings (SSSR count). The molecule has 0 spiro atoms. The summed E-state index contributed by atoms with van der Waals surface area (Å²) in [4.78, 5) is 25.9. The van der Waals surface area contributed by atoms with Crippen LogP contribution in [0.2, 0.25) is 0 Å². The van der Waals surface area contributed by atoms with Gasteiger partial charge in [-0.05, 0) is 49.6 Å². The highest BCUT2D eigenvalue weighted by Gasteiger charge is 2.45. The van der Waals surface area contributed by atoms with Crippen LogP contribution >= 0.6 is 0 Å². The van der Waals surface area contributed by atoms with Crippen molar-refractivity contribution in [2.24, 2.45) is 0 Å². The Hall–Kier alpha value is -2.94. The predicted octanol–water partition coefficient (Wildman–Crippen LogP) is 3.60. The molecule has 1 aliphatic heterocycles. The average molecular weight is 424 g/mol. The molecule has 1 fully saturated rings. The van der Waals surface area contributed by atoms with E-state index in [9.17, 15) is 32.3 Å². The summed E-state index contributed by atoms with van der Waals surface area (Å²) in [7, 11) is 0. The molecule has 0 radical (unpaired) electrons. The fraction of sp³-hybridized carbons (Fsp3) is 0.333. The van der Waals surface area contributed by atoms with Crippen molar-refractivity contribution in [2.75, 3.05) is 18.4 Å². The van der Waals surface area contributed by atoms with Crippen molar-refractivity contribution in [3.63, 3.8) is 0 Å². The van der Waals surface area contributed by atoms with Gasteiger partial charge in [-0.25, -0.2) is 8.78 Å². The molecule has 0 unspecified atom stereocenters. The molecule has 160 valence electrons. The molecule has 1 saturated heterocycles. The van der Waals surface area contributed by atoms with Crippen molar-refractivity contribution in [3.8, 4) is 0 Å². The lowest BCUT2D eigenvalue weighted by atomic mass is 9.97. The first-order valence-corrected chi connectivity index (χ1v) is 9.32. The summed E-state index contributed by atoms with van der Waals surface area (Å²) < 4.78 is 56.3. The summed E-state index contributed by atoms with van der Waals surface area (Å²) >= 11 is 0. The van der Waals surface area contributed by atoms with Crippen molar-refractivity contribution in [1.82, 2.24) is 4.90 Å². The van der Waals surface area contributed by atoms with Gasteiger partial charge in [0.1, 0.15) is 0 Å². The van der Waals surface area contributed by atoms with Crippen LogP contribution in [0, 0.1) is 18.6 Å². The highest BCUT2D eigenvalue weighted by Crippen LogP contribution is 2.34. The van der Waals surface area contributed by atoms with Gasteiger partial charge in [0.05, 0.1) is 6.10 Å². The smallest absolute Gasteiger partial charge is 0.350 e. The molecule has 2 amide bonds. The van der Waals surface area contributed by atoms with Crippen LogP contribution < -0.4 is 5.32 Å². The van der Waals surface area contributed by atoms with Gasteiger partial charge in [0.25, 0.3) is 11.8 Å². The van der Waals surface area contributed by atoms with Gasteiger partial charge < -0.3 is 15.3 Å². The first-order chi connectivity index (χ1) is 14.1. The van der Waals surface area contributed by atoms with E-state index in [0.29, 0.717) is 0 Å². The number of piperidine rings is 1. The second-order valence-corrected chi connectivity index (χ2v) is 7.21. The fourth-order valence-corrected chi connectivity index (χ4v) is 3.26. The third kappa shape index (κ3) is 4.46. The SMILES string of the molecule is Cc1ccc(C(=O)Nc2ccc(F)c(F)c2)cc1C(F)(F)C(=O)N1CCC(O)CC1. The Kier molecular flexibility index (Phi) is 6.12. The molecule has 1 aliphatic rings. The number of nitrogens with zero attached hydrogens (tertiary/aromatic N) is 1. The van der Waals surface area contributed by atoms with Crippen LogP contribution in [0.25, 0.3) is 0 Å². The largest absolute Gasteiger partial charge is 0.393 e. The first-order valence-electron chi connectivity index (χ1n) is 9.32. The van der Waals surface area contributed by atoms with Crippen molar-refractivity contribution in [2.45, 2.75) is 31.8 Å². The summed E-state index contributed by atoms with van der Waals surface area (Å²) in [5, 5.41) is 11.8. The third-order valence-corrected chi connectivity index (χ3v) is 5.04. The summed E-state index contributed by atoms with van der Waals surface area (Å²) in [5.41, 5.74) is -0.705. The maximum atomic E-state index is 15.0. The lowest BCUT2D eigenvalue weighted by Gasteiger charge is -2.32. The number of nitrogens with one attached hydrogen (secondary N) is 1. The number of hydrogen-bond donors (Lipinski definition) is 2. The molecule has 1 heterocycles. The summed E-state index contributed by atoms with van der Waals surface area (Å²) in [6.07, 6.45) is -0.178. The number of hydrogen-bond acceptors (Lipinski definition) is 3. The van der Waals surface area contributed by atoms with Crippen LogP contribution in [0.3, 0.4) is 0 Å². The van der Waals surface area contributed by atoms with Crippen molar-refractivity contribution >= 4 is 17.5 Å². The number of carbonyl (C=O) groups excluding carboxylic acids is 2. The zero-order valence-electron chi connectivity index (χ0n) is 16.1. The second kappa shape index (κ2) is 8.43. The summed E-state index contributed by atoms with van der Waals surface area (Å²) in [6, 6.07) is 6.23. The number of alkyl halides is 2. The van der Waals surface area contributed by atoms with Crippen LogP contribution in [0.1, 0.15) is 34.3 Å². The van der Waals surface area contributed by atoms with E-state index in [2.05, 4.69) is 5.32 Å². The number of likely N-dealkylation sites (tertiary alicyclic amines) is 1. The molecule has 2 aromatic carbocycles. The third-order valence-electron chi connectivity index (χ3n) is 5.04. The molecular weight excluding hydrogens is 404 g/mol. The van der Waals surface area contributed by atoms with E-state index in [-0.39, 0.29) is 42.7 Å². The van der Waals surface area contributed by atoms with E-state index in [1.54, 1.807) is 0 Å². The van der Waals surface area contributed by atoms with E-state index < -0.39 is 41.0 Å². The minimum Gasteiger partial charge on any atom is -0.393 e. The average Bonchev–Trinajstić information content (AvgIpc) is 2.71. The minimum atomic E-state index is -3.87. The molecule has 9 heteroatoms. The van der Waals surface area contributed by atoms with Gasteiger partial charge in [0, 0.05) is 36.0 Å². The molecule has 0 atom stereocenters. The number of carbonyl (C=O) groups is 2. The Morgan fingerprint density at radius 1 is 1.07 bits per heavy atom. The highest BCUT2D eigenvalue weighted by molar-refractivity contribution is 6.04. The number of rotatable bonds is 4. The highest BCUT2D eigenvalue weighted by atomic mass is 19.3. The van der Waals surface area contributed by atoms with Crippen LogP contribution in [-0.2, 0) is 10.7 Å². The number of halogens is 4. The van der Waals surface area contributed by atoms with Crippen molar-refractivity contribution in [1.29, 1.82) is 0 Å². The molecule has 5 nitrogen and oxygen atoms in total. The predicted molar refractivity (Wildman–Crippen MR) is 101 cm³/mol. The fourth-order valence-electron chi connectivity index (χ4n) is 3.26. The van der Waals surface area contributed by atoms with Crippen LogP contribution in [0.5, 0.6) is 0 Å². The summed E-state index contributed by atoms with van der Waals surface area (Å²) in [6.45, 7) is 1.43. The van der Waals surface area contributed by atoms with Gasteiger partial charge in [0.2, 0.25) is 0 Å². The Morgan fingerprint density at radius 2 is 1.73 bits per heavy atom. The van der Waals surface area contributed by atoms with Gasteiger partial charge >= 0.3 is 5.92 Å². The Labute approximate surface area is 170 Å². The van der Waals surface area contributed by atoms with E-state index in [1.807, 2.05) is 0 Å². The van der Waals surface area contributed by atoms with Gasteiger partial charge in [-0.3, -0.25) is 9.59 Å². The molecule has 0 aliphatic carbocycles. The van der Waals surface area contributed by atoms with Gasteiger partial charge in [0.15, 0.2) is 11.6 Å². The number of anilines is 1. The Bertz CT molecular complexity index is 973. The molecule has 2 aromatic rings. The monoisotopic (exact) mass is 424 g/mol. The lowest BCUT2D eigenvalue weighted by molar-refractivity contribution is -0.161. The molecule has 0 bridgehead atoms. The van der Waals surface area contributed by atoms with E-state index >= 15 is 0 Å². The molecule has 0 aromatic heterocycles. The van der Waals surface area contributed by atoms with Crippen molar-refractivity contribution < 1.29 is 32.3 Å². The van der Waals surface area contributed by atoms with Gasteiger partial charge in [-0.15, -0.1) is 0 Å². The van der Waals surface area contributed by atoms with E-state index in [1.165, 1.54) is 19.1 Å². The van der Waals surface area contributed by atoms with Gasteiger partial charge in [-0.2, -0.15) is 8.78 Å².